The molecule has 0 saturated carbocycles. The Morgan fingerprint density at radius 3 is 2.38 bits per heavy atom. The van der Waals surface area contributed by atoms with Crippen molar-refractivity contribution in [3.05, 3.63) is 109 Å². The van der Waals surface area contributed by atoms with Gasteiger partial charge in [-0.05, 0) is 91.6 Å². The highest BCUT2D eigenvalue weighted by Gasteiger charge is 2.35. The lowest BCUT2D eigenvalue weighted by atomic mass is 10.1. The maximum absolute atomic E-state index is 13.1. The zero-order valence-electron chi connectivity index (χ0n) is 19.7. The number of hydrogen-bond donors (Lipinski definition) is 0. The van der Waals surface area contributed by atoms with Gasteiger partial charge in [0.2, 0.25) is 0 Å². The summed E-state index contributed by atoms with van der Waals surface area (Å²) in [6.45, 7) is 0.595. The second-order valence-electron chi connectivity index (χ2n) is 8.40. The summed E-state index contributed by atoms with van der Waals surface area (Å²) in [5, 5.41) is 1.90. The molecule has 5 nitrogen and oxygen atoms in total. The fourth-order valence-electron chi connectivity index (χ4n) is 4.01. The molecule has 8 heteroatoms. The van der Waals surface area contributed by atoms with Crippen molar-refractivity contribution < 1.29 is 19.1 Å². The summed E-state index contributed by atoms with van der Waals surface area (Å²) in [5.41, 5.74) is 2.64. The Balaban J connectivity index is 1.34. The van der Waals surface area contributed by atoms with Crippen LogP contribution in [0.3, 0.4) is 0 Å². The summed E-state index contributed by atoms with van der Waals surface area (Å²) < 4.78 is 13.3. The van der Waals surface area contributed by atoms with Gasteiger partial charge in [-0.2, -0.15) is 0 Å². The Hall–Kier alpha value is -3.07. The number of benzene rings is 4. The summed E-state index contributed by atoms with van der Waals surface area (Å²) in [6, 6.07) is 25.5. The van der Waals surface area contributed by atoms with E-state index in [4.69, 9.17) is 9.47 Å². The summed E-state index contributed by atoms with van der Waals surface area (Å²) >= 11 is 7.94. The molecule has 0 unspecified atom stereocenters. The number of carbonyl (C=O) groups excluding carboxylic acids is 2. The highest BCUT2D eigenvalue weighted by atomic mass is 79.9. The molecule has 0 N–H and O–H groups in total. The largest absolute Gasteiger partial charge is 0.493 e. The smallest absolute Gasteiger partial charge is 0.293 e. The molecular weight excluding hydrogens is 618 g/mol. The van der Waals surface area contributed by atoms with Crippen molar-refractivity contribution in [2.45, 2.75) is 13.2 Å². The maximum Gasteiger partial charge on any atom is 0.293 e. The Bertz CT molecular complexity index is 1540. The topological polar surface area (TPSA) is 55.8 Å². The highest BCUT2D eigenvalue weighted by molar-refractivity contribution is 9.10. The molecule has 4 aromatic carbocycles. The van der Waals surface area contributed by atoms with Gasteiger partial charge < -0.3 is 9.47 Å². The van der Waals surface area contributed by atoms with E-state index in [1.807, 2.05) is 72.8 Å². The van der Waals surface area contributed by atoms with E-state index in [0.717, 1.165) is 43.7 Å². The first-order valence-electron chi connectivity index (χ1n) is 11.4. The van der Waals surface area contributed by atoms with Crippen molar-refractivity contribution in [1.29, 1.82) is 0 Å². The van der Waals surface area contributed by atoms with Gasteiger partial charge in [-0.15, -0.1) is 0 Å². The standard InChI is InChI=1S/C29H21Br2NO4S/c1-35-25-14-20(13-24(31)27(25)36-17-18-7-10-23(30)11-8-18)15-26-28(33)32(29(34)37-26)16-19-6-9-21-4-2-3-5-22(21)12-19/h2-15H,16-17H2,1H3/b26-15-. The normalized spacial score (nSPS) is 14.6. The molecule has 0 aromatic heterocycles. The molecule has 1 heterocycles. The molecule has 186 valence electrons. The predicted octanol–water partition coefficient (Wildman–Crippen LogP) is 8.19. The van der Waals surface area contributed by atoms with Gasteiger partial charge >= 0.3 is 0 Å². The van der Waals surface area contributed by atoms with Crippen molar-refractivity contribution in [2.75, 3.05) is 7.11 Å². The number of imide groups is 1. The lowest BCUT2D eigenvalue weighted by molar-refractivity contribution is -0.123. The van der Waals surface area contributed by atoms with Gasteiger partial charge in [0, 0.05) is 4.47 Å². The van der Waals surface area contributed by atoms with Crippen molar-refractivity contribution in [3.8, 4) is 11.5 Å². The second kappa shape index (κ2) is 11.1. The molecular formula is C29H21Br2NO4S. The minimum Gasteiger partial charge on any atom is -0.493 e. The third kappa shape index (κ3) is 5.76. The van der Waals surface area contributed by atoms with Gasteiger partial charge in [-0.25, -0.2) is 0 Å². The summed E-state index contributed by atoms with van der Waals surface area (Å²) in [5.74, 6) is 0.772. The van der Waals surface area contributed by atoms with Crippen LogP contribution in [0.1, 0.15) is 16.7 Å². The Morgan fingerprint density at radius 1 is 0.892 bits per heavy atom. The van der Waals surface area contributed by atoms with Gasteiger partial charge in [0.15, 0.2) is 11.5 Å². The lowest BCUT2D eigenvalue weighted by Crippen LogP contribution is -2.27. The number of amides is 2. The number of ether oxygens (including phenoxy) is 2. The number of nitrogens with zero attached hydrogens (tertiary/aromatic N) is 1. The monoisotopic (exact) mass is 637 g/mol. The first kappa shape index (κ1) is 25.6. The zero-order chi connectivity index (χ0) is 25.9. The number of halogens is 2. The molecule has 0 bridgehead atoms. The van der Waals surface area contributed by atoms with Crippen LogP contribution in [0.25, 0.3) is 16.8 Å². The van der Waals surface area contributed by atoms with E-state index in [0.29, 0.717) is 27.5 Å². The van der Waals surface area contributed by atoms with Crippen molar-refractivity contribution in [1.82, 2.24) is 4.90 Å². The molecule has 5 rings (SSSR count). The molecule has 1 fully saturated rings. The van der Waals surface area contributed by atoms with E-state index in [2.05, 4.69) is 31.9 Å². The molecule has 4 aromatic rings. The molecule has 0 spiro atoms. The van der Waals surface area contributed by atoms with Crippen LogP contribution in [0, 0.1) is 0 Å². The first-order chi connectivity index (χ1) is 17.9. The third-order valence-corrected chi connectivity index (χ3v) is 7.90. The SMILES string of the molecule is COc1cc(/C=C2\SC(=O)N(Cc3ccc4ccccc4c3)C2=O)cc(Br)c1OCc1ccc(Br)cc1. The van der Waals surface area contributed by atoms with Crippen LogP contribution in [0.15, 0.2) is 92.7 Å². The van der Waals surface area contributed by atoms with Gasteiger partial charge in [-0.3, -0.25) is 14.5 Å². The molecule has 0 aliphatic carbocycles. The number of hydrogen-bond acceptors (Lipinski definition) is 5. The third-order valence-electron chi connectivity index (χ3n) is 5.87. The van der Waals surface area contributed by atoms with Gasteiger partial charge in [0.1, 0.15) is 6.61 Å². The first-order valence-corrected chi connectivity index (χ1v) is 13.8. The van der Waals surface area contributed by atoms with Gasteiger partial charge in [0.25, 0.3) is 11.1 Å². The number of thioether (sulfide) groups is 1. The molecule has 1 aliphatic heterocycles. The summed E-state index contributed by atoms with van der Waals surface area (Å²) in [6.07, 6.45) is 1.71. The molecule has 0 radical (unpaired) electrons. The molecule has 0 atom stereocenters. The fourth-order valence-corrected chi connectivity index (χ4v) is 5.68. The van der Waals surface area contributed by atoms with Gasteiger partial charge in [0.05, 0.1) is 23.0 Å². The Kier molecular flexibility index (Phi) is 7.69. The molecule has 1 saturated heterocycles. The van der Waals surface area contributed by atoms with Crippen LogP contribution in [0.2, 0.25) is 0 Å². The molecule has 1 aliphatic rings. The maximum atomic E-state index is 13.1. The second-order valence-corrected chi connectivity index (χ2v) is 11.2. The average Bonchev–Trinajstić information content (AvgIpc) is 3.16. The number of rotatable bonds is 7. The molecule has 37 heavy (non-hydrogen) atoms. The predicted molar refractivity (Wildman–Crippen MR) is 155 cm³/mol. The van der Waals surface area contributed by atoms with Crippen LogP contribution in [-0.2, 0) is 17.9 Å². The highest BCUT2D eigenvalue weighted by Crippen LogP contribution is 2.40. The zero-order valence-corrected chi connectivity index (χ0v) is 23.7. The minimum atomic E-state index is -0.311. The summed E-state index contributed by atoms with van der Waals surface area (Å²) in [7, 11) is 1.56. The van der Waals surface area contributed by atoms with Crippen molar-refractivity contribution in [3.63, 3.8) is 0 Å². The quantitative estimate of drug-likeness (QED) is 0.191. The van der Waals surface area contributed by atoms with E-state index >= 15 is 0 Å². The molecule has 2 amide bonds. The van der Waals surface area contributed by atoms with Crippen LogP contribution < -0.4 is 9.47 Å². The minimum absolute atomic E-state index is 0.225. The van der Waals surface area contributed by atoms with Crippen LogP contribution >= 0.6 is 43.6 Å². The Labute approximate surface area is 235 Å². The van der Waals surface area contributed by atoms with E-state index in [-0.39, 0.29) is 17.7 Å². The Morgan fingerprint density at radius 2 is 1.62 bits per heavy atom. The number of carbonyl (C=O) groups is 2. The van der Waals surface area contributed by atoms with Crippen LogP contribution in [0.4, 0.5) is 4.79 Å². The number of fused-ring (bicyclic) bond motifs is 1. The van der Waals surface area contributed by atoms with E-state index in [1.54, 1.807) is 19.3 Å². The van der Waals surface area contributed by atoms with Crippen molar-refractivity contribution in [2.24, 2.45) is 0 Å². The van der Waals surface area contributed by atoms with E-state index in [9.17, 15) is 9.59 Å². The average molecular weight is 639 g/mol. The summed E-state index contributed by atoms with van der Waals surface area (Å²) in [4.78, 5) is 27.5. The van der Waals surface area contributed by atoms with Crippen LogP contribution in [-0.4, -0.2) is 23.2 Å². The van der Waals surface area contributed by atoms with Gasteiger partial charge in [-0.1, -0.05) is 64.5 Å². The lowest BCUT2D eigenvalue weighted by Gasteiger charge is -2.14. The van der Waals surface area contributed by atoms with E-state index in [1.165, 1.54) is 4.90 Å². The fraction of sp³-hybridized carbons (Fsp3) is 0.103. The number of methoxy groups -OCH3 is 1. The van der Waals surface area contributed by atoms with Crippen LogP contribution in [0.5, 0.6) is 11.5 Å². The van der Waals surface area contributed by atoms with E-state index < -0.39 is 0 Å². The van der Waals surface area contributed by atoms with Crippen molar-refractivity contribution >= 4 is 71.6 Å².